The molecule has 76 valence electrons. The average Bonchev–Trinajstić information content (AvgIpc) is 2.51. The number of hydrogen-bond acceptors (Lipinski definition) is 5. The zero-order valence-electron chi connectivity index (χ0n) is 7.19. The molecule has 7 heteroatoms. The molecule has 0 saturated carbocycles. The van der Waals surface area contributed by atoms with Crippen LogP contribution in [0, 0.1) is 0 Å². The van der Waals surface area contributed by atoms with Crippen molar-refractivity contribution in [3.63, 3.8) is 0 Å². The van der Waals surface area contributed by atoms with Crippen molar-refractivity contribution < 1.29 is 14.7 Å². The second-order valence-electron chi connectivity index (χ2n) is 2.45. The first-order chi connectivity index (χ1) is 6.61. The van der Waals surface area contributed by atoms with Crippen molar-refractivity contribution in [1.29, 1.82) is 0 Å². The smallest absolute Gasteiger partial charge is 0.308 e. The van der Waals surface area contributed by atoms with Gasteiger partial charge < -0.3 is 16.2 Å². The molecule has 0 atom stereocenters. The maximum atomic E-state index is 10.8. The van der Waals surface area contributed by atoms with Crippen molar-refractivity contribution in [3.05, 3.63) is 11.1 Å². The second kappa shape index (κ2) is 4.68. The molecule has 1 aromatic rings. The molecule has 0 aliphatic rings. The first-order valence-corrected chi connectivity index (χ1v) is 4.60. The van der Waals surface area contributed by atoms with Crippen LogP contribution in [0.15, 0.2) is 6.20 Å². The third kappa shape index (κ3) is 3.11. The van der Waals surface area contributed by atoms with Gasteiger partial charge in [0.05, 0.1) is 13.0 Å². The normalized spacial score (nSPS) is 9.79. The maximum Gasteiger partial charge on any atom is 0.308 e. The topological polar surface area (TPSA) is 105 Å². The average molecular weight is 215 g/mol. The lowest BCUT2D eigenvalue weighted by Crippen LogP contribution is -2.21. The predicted molar refractivity (Wildman–Crippen MR) is 51.1 cm³/mol. The summed E-state index contributed by atoms with van der Waals surface area (Å²) in [7, 11) is 0. The molecule has 0 radical (unpaired) electrons. The van der Waals surface area contributed by atoms with Gasteiger partial charge in [-0.3, -0.25) is 9.59 Å². The van der Waals surface area contributed by atoms with Gasteiger partial charge in [0.15, 0.2) is 5.13 Å². The summed E-state index contributed by atoms with van der Waals surface area (Å²) in [5, 5.41) is 11.3. The summed E-state index contributed by atoms with van der Waals surface area (Å²) in [6.45, 7) is -0.117. The zero-order chi connectivity index (χ0) is 10.6. The minimum Gasteiger partial charge on any atom is -0.481 e. The Morgan fingerprint density at radius 2 is 2.36 bits per heavy atom. The SMILES string of the molecule is NCC(=O)Nc1ncc(CC(=O)O)s1. The van der Waals surface area contributed by atoms with Crippen LogP contribution in [0.3, 0.4) is 0 Å². The summed E-state index contributed by atoms with van der Waals surface area (Å²) in [4.78, 5) is 25.6. The van der Waals surface area contributed by atoms with Gasteiger partial charge in [0.1, 0.15) is 0 Å². The van der Waals surface area contributed by atoms with Crippen LogP contribution in [-0.4, -0.2) is 28.5 Å². The Hall–Kier alpha value is -1.47. The van der Waals surface area contributed by atoms with Gasteiger partial charge >= 0.3 is 5.97 Å². The molecule has 1 aromatic heterocycles. The van der Waals surface area contributed by atoms with Gasteiger partial charge in [-0.2, -0.15) is 0 Å². The molecule has 0 aliphatic heterocycles. The summed E-state index contributed by atoms with van der Waals surface area (Å²) < 4.78 is 0. The summed E-state index contributed by atoms with van der Waals surface area (Å²) in [6.07, 6.45) is 1.33. The Kier molecular flexibility index (Phi) is 3.55. The van der Waals surface area contributed by atoms with Crippen LogP contribution >= 0.6 is 11.3 Å². The molecule has 0 saturated heterocycles. The van der Waals surface area contributed by atoms with E-state index < -0.39 is 5.97 Å². The highest BCUT2D eigenvalue weighted by Crippen LogP contribution is 2.18. The molecule has 0 aromatic carbocycles. The molecule has 1 heterocycles. The molecule has 6 nitrogen and oxygen atoms in total. The minimum absolute atomic E-state index is 0.0871. The van der Waals surface area contributed by atoms with E-state index in [0.29, 0.717) is 10.0 Å². The molecular formula is C7H9N3O3S. The Morgan fingerprint density at radius 3 is 2.93 bits per heavy atom. The fourth-order valence-corrected chi connectivity index (χ4v) is 1.59. The van der Waals surface area contributed by atoms with Gasteiger partial charge in [-0.25, -0.2) is 4.98 Å². The number of anilines is 1. The van der Waals surface area contributed by atoms with E-state index in [1.165, 1.54) is 6.20 Å². The van der Waals surface area contributed by atoms with E-state index in [2.05, 4.69) is 10.3 Å². The van der Waals surface area contributed by atoms with Crippen molar-refractivity contribution >= 4 is 28.3 Å². The Morgan fingerprint density at radius 1 is 1.64 bits per heavy atom. The largest absolute Gasteiger partial charge is 0.481 e. The van der Waals surface area contributed by atoms with Gasteiger partial charge in [0.2, 0.25) is 5.91 Å². The summed E-state index contributed by atoms with van der Waals surface area (Å²) in [5.41, 5.74) is 5.08. The molecule has 0 fully saturated rings. The number of aromatic nitrogens is 1. The van der Waals surface area contributed by atoms with E-state index in [0.717, 1.165) is 11.3 Å². The molecule has 1 rings (SSSR count). The number of rotatable bonds is 4. The van der Waals surface area contributed by atoms with E-state index in [1.54, 1.807) is 0 Å². The van der Waals surface area contributed by atoms with Crippen molar-refractivity contribution in [1.82, 2.24) is 4.98 Å². The third-order valence-electron chi connectivity index (χ3n) is 1.31. The molecule has 14 heavy (non-hydrogen) atoms. The van der Waals surface area contributed by atoms with Gasteiger partial charge in [-0.15, -0.1) is 11.3 Å². The number of nitrogens with one attached hydrogen (secondary N) is 1. The monoisotopic (exact) mass is 215 g/mol. The van der Waals surface area contributed by atoms with Gasteiger partial charge in [0.25, 0.3) is 0 Å². The molecule has 0 bridgehead atoms. The number of amides is 1. The zero-order valence-corrected chi connectivity index (χ0v) is 8.00. The van der Waals surface area contributed by atoms with Crippen molar-refractivity contribution in [2.24, 2.45) is 5.73 Å². The van der Waals surface area contributed by atoms with Crippen LogP contribution < -0.4 is 11.1 Å². The molecule has 0 aliphatic carbocycles. The third-order valence-corrected chi connectivity index (χ3v) is 2.22. The van der Waals surface area contributed by atoms with Crippen molar-refractivity contribution in [3.8, 4) is 0 Å². The summed E-state index contributed by atoms with van der Waals surface area (Å²) in [6, 6.07) is 0. The summed E-state index contributed by atoms with van der Waals surface area (Å²) >= 11 is 1.13. The quantitative estimate of drug-likeness (QED) is 0.637. The Labute approximate surface area is 83.8 Å². The van der Waals surface area contributed by atoms with Crippen LogP contribution in [-0.2, 0) is 16.0 Å². The van der Waals surface area contributed by atoms with E-state index in [4.69, 9.17) is 10.8 Å². The fraction of sp³-hybridized carbons (Fsp3) is 0.286. The van der Waals surface area contributed by atoms with Gasteiger partial charge in [0, 0.05) is 11.1 Å². The number of carboxylic acid groups (broad SMARTS) is 1. The fourth-order valence-electron chi connectivity index (χ4n) is 0.766. The number of carboxylic acids is 1. The lowest BCUT2D eigenvalue weighted by atomic mass is 10.4. The van der Waals surface area contributed by atoms with Crippen LogP contribution in [0.5, 0.6) is 0 Å². The Balaban J connectivity index is 2.59. The predicted octanol–water partition coefficient (Wildman–Crippen LogP) is -0.333. The number of nitrogens with zero attached hydrogens (tertiary/aromatic N) is 1. The van der Waals surface area contributed by atoms with Crippen molar-refractivity contribution in [2.75, 3.05) is 11.9 Å². The highest BCUT2D eigenvalue weighted by Gasteiger charge is 2.07. The number of carbonyl (C=O) groups is 2. The number of nitrogens with two attached hydrogens (primary N) is 1. The van der Waals surface area contributed by atoms with Crippen LogP contribution in [0.1, 0.15) is 4.88 Å². The highest BCUT2D eigenvalue weighted by atomic mass is 32.1. The highest BCUT2D eigenvalue weighted by molar-refractivity contribution is 7.15. The van der Waals surface area contributed by atoms with Crippen LogP contribution in [0.25, 0.3) is 0 Å². The van der Waals surface area contributed by atoms with Gasteiger partial charge in [-0.1, -0.05) is 0 Å². The number of thiazole rings is 1. The number of hydrogen-bond donors (Lipinski definition) is 3. The lowest BCUT2D eigenvalue weighted by molar-refractivity contribution is -0.136. The van der Waals surface area contributed by atoms with Crippen LogP contribution in [0.4, 0.5) is 5.13 Å². The molecule has 0 spiro atoms. The number of aliphatic carboxylic acids is 1. The van der Waals surface area contributed by atoms with E-state index in [9.17, 15) is 9.59 Å². The van der Waals surface area contributed by atoms with E-state index >= 15 is 0 Å². The first kappa shape index (κ1) is 10.6. The van der Waals surface area contributed by atoms with Gasteiger partial charge in [-0.05, 0) is 0 Å². The van der Waals surface area contributed by atoms with Crippen LogP contribution in [0.2, 0.25) is 0 Å². The standard InChI is InChI=1S/C7H9N3O3S/c8-2-5(11)10-7-9-3-4(14-7)1-6(12)13/h3H,1-2,8H2,(H,12,13)(H,9,10,11). The molecule has 0 unspecified atom stereocenters. The molecule has 4 N–H and O–H groups in total. The minimum atomic E-state index is -0.926. The molecular weight excluding hydrogens is 206 g/mol. The van der Waals surface area contributed by atoms with E-state index in [1.807, 2.05) is 0 Å². The number of carbonyl (C=O) groups excluding carboxylic acids is 1. The first-order valence-electron chi connectivity index (χ1n) is 3.78. The maximum absolute atomic E-state index is 10.8. The second-order valence-corrected chi connectivity index (χ2v) is 3.57. The lowest BCUT2D eigenvalue weighted by Gasteiger charge is -1.95. The molecule has 1 amide bonds. The summed E-state index contributed by atoms with van der Waals surface area (Å²) in [5.74, 6) is -1.27. The Bertz CT molecular complexity index is 350. The van der Waals surface area contributed by atoms with E-state index in [-0.39, 0.29) is 18.9 Å². The van der Waals surface area contributed by atoms with Crippen molar-refractivity contribution in [2.45, 2.75) is 6.42 Å².